The minimum atomic E-state index is -1.62. The Balaban J connectivity index is 2.76. The molecule has 0 saturated carbocycles. The van der Waals surface area contributed by atoms with Crippen LogP contribution in [0.25, 0.3) is 0 Å². The highest BCUT2D eigenvalue weighted by Crippen LogP contribution is 2.26. The quantitative estimate of drug-likeness (QED) is 0.0149. The van der Waals surface area contributed by atoms with E-state index in [4.69, 9.17) is 14.2 Å². The predicted octanol–water partition coefficient (Wildman–Crippen LogP) is 12.7. The van der Waals surface area contributed by atoms with Crippen molar-refractivity contribution >= 4 is 11.9 Å². The topological polar surface area (TPSA) is 175 Å². The molecule has 1 aliphatic heterocycles. The third kappa shape index (κ3) is 35.5. The number of aliphatic hydroxyl groups is 5. The third-order valence-electron chi connectivity index (χ3n) is 13.2. The lowest BCUT2D eigenvalue weighted by atomic mass is 9.99. The summed E-state index contributed by atoms with van der Waals surface area (Å²) >= 11 is 0. The lowest BCUT2D eigenvalue weighted by Crippen LogP contribution is -2.61. The van der Waals surface area contributed by atoms with Gasteiger partial charge in [0.25, 0.3) is 0 Å². The highest BCUT2D eigenvalue weighted by atomic mass is 16.7. The summed E-state index contributed by atoms with van der Waals surface area (Å²) in [4.78, 5) is 26.4. The first-order valence-corrected chi connectivity index (χ1v) is 28.6. The van der Waals surface area contributed by atoms with E-state index in [1.807, 2.05) is 6.08 Å². The van der Waals surface area contributed by atoms with Gasteiger partial charge in [0.2, 0.25) is 5.91 Å². The van der Waals surface area contributed by atoms with E-state index in [1.54, 1.807) is 6.08 Å². The highest BCUT2D eigenvalue weighted by Gasteiger charge is 2.47. The van der Waals surface area contributed by atoms with Crippen LogP contribution < -0.4 is 5.32 Å². The molecule has 0 aromatic rings. The van der Waals surface area contributed by atoms with E-state index in [-0.39, 0.29) is 19.4 Å². The Morgan fingerprint density at radius 3 is 1.46 bits per heavy atom. The van der Waals surface area contributed by atoms with Crippen LogP contribution in [0.2, 0.25) is 0 Å². The summed E-state index contributed by atoms with van der Waals surface area (Å²) in [6, 6.07) is -1.03. The molecule has 406 valence electrons. The van der Waals surface area contributed by atoms with Crippen LogP contribution in [0.1, 0.15) is 239 Å². The molecule has 1 fully saturated rings. The van der Waals surface area contributed by atoms with E-state index in [0.717, 1.165) is 103 Å². The number of carbonyl (C=O) groups is 2. The molecule has 1 aliphatic rings. The molecule has 6 N–H and O–H groups in total. The smallest absolute Gasteiger partial charge is 0.306 e. The second-order valence-electron chi connectivity index (χ2n) is 19.7. The molecule has 8 unspecified atom stereocenters. The Labute approximate surface area is 427 Å². The molecule has 11 heteroatoms. The molecule has 0 bridgehead atoms. The molecule has 1 heterocycles. The summed E-state index contributed by atoms with van der Waals surface area (Å²) in [7, 11) is 0. The Morgan fingerprint density at radius 1 is 0.557 bits per heavy atom. The number of aliphatic hydroxyl groups excluding tert-OH is 5. The second kappa shape index (κ2) is 47.4. The molecule has 1 saturated heterocycles. The zero-order chi connectivity index (χ0) is 51.1. The molecule has 1 amide bonds. The Kier molecular flexibility index (Phi) is 44.2. The van der Waals surface area contributed by atoms with E-state index in [2.05, 4.69) is 74.7 Å². The second-order valence-corrected chi connectivity index (χ2v) is 19.7. The maximum Gasteiger partial charge on any atom is 0.306 e. The number of hydrogen-bond donors (Lipinski definition) is 6. The fourth-order valence-corrected chi connectivity index (χ4v) is 8.57. The van der Waals surface area contributed by atoms with E-state index in [9.17, 15) is 35.1 Å². The van der Waals surface area contributed by atoms with Gasteiger partial charge < -0.3 is 45.1 Å². The fraction of sp³-hybridized carbons (Fsp3) is 0.797. The molecule has 11 nitrogen and oxygen atoms in total. The average molecular weight is 988 g/mol. The molecule has 0 aliphatic carbocycles. The van der Waals surface area contributed by atoms with Gasteiger partial charge in [0, 0.05) is 6.42 Å². The van der Waals surface area contributed by atoms with Crippen molar-refractivity contribution in [2.24, 2.45) is 0 Å². The monoisotopic (exact) mass is 988 g/mol. The molecular weight excluding hydrogens is 883 g/mol. The molecule has 70 heavy (non-hydrogen) atoms. The van der Waals surface area contributed by atoms with E-state index in [1.165, 1.54) is 89.9 Å². The first-order chi connectivity index (χ1) is 34.2. The van der Waals surface area contributed by atoms with E-state index < -0.39 is 67.4 Å². The summed E-state index contributed by atoms with van der Waals surface area (Å²) in [6.45, 7) is 5.69. The standard InChI is InChI=1S/C59H105NO10/c1-4-7-10-13-16-19-22-25-27-29-32-35-38-41-44-47-54(64)70-57-56(66)55(65)53(48-61)69-59(57)68-49-50(51(62)45-42-39-36-33-30-24-21-18-15-12-9-6-3)60-58(67)52(63)46-43-40-37-34-31-28-26-23-20-17-14-11-8-5-2/h16-17,19-20,22-23,25-26,42,45,50-53,55-57,59,61-63,65-66H,4-15,18,21,24,27-41,43-44,46-49H2,1-3H3,(H,60,67)/b19-16+,20-17+,25-22+,26-23+,45-42+. The van der Waals surface area contributed by atoms with Gasteiger partial charge in [-0.2, -0.15) is 0 Å². The zero-order valence-electron chi connectivity index (χ0n) is 44.6. The lowest BCUT2D eigenvalue weighted by Gasteiger charge is -2.41. The number of hydrogen-bond acceptors (Lipinski definition) is 10. The Hall–Kier alpha value is -2.64. The van der Waals surface area contributed by atoms with Crippen LogP contribution in [0, 0.1) is 0 Å². The summed E-state index contributed by atoms with van der Waals surface area (Å²) < 4.78 is 17.5. The molecule has 0 aromatic carbocycles. The van der Waals surface area contributed by atoms with Crippen LogP contribution in [-0.4, -0.2) is 99.6 Å². The third-order valence-corrected chi connectivity index (χ3v) is 13.2. The van der Waals surface area contributed by atoms with Crippen molar-refractivity contribution in [3.8, 4) is 0 Å². The van der Waals surface area contributed by atoms with Gasteiger partial charge in [-0.05, 0) is 77.0 Å². The average Bonchev–Trinajstić information content (AvgIpc) is 3.36. The highest BCUT2D eigenvalue weighted by molar-refractivity contribution is 5.80. The summed E-state index contributed by atoms with van der Waals surface area (Å²) in [6.07, 6.45) is 46.8. The van der Waals surface area contributed by atoms with Gasteiger partial charge >= 0.3 is 5.97 Å². The molecule has 0 radical (unpaired) electrons. The Bertz CT molecular complexity index is 1370. The van der Waals surface area contributed by atoms with Crippen LogP contribution in [0.3, 0.4) is 0 Å². The van der Waals surface area contributed by atoms with Gasteiger partial charge in [-0.15, -0.1) is 0 Å². The Morgan fingerprint density at radius 2 is 0.971 bits per heavy atom. The van der Waals surface area contributed by atoms with Gasteiger partial charge in [-0.1, -0.05) is 216 Å². The zero-order valence-corrected chi connectivity index (χ0v) is 44.6. The number of allylic oxidation sites excluding steroid dienone is 9. The maximum absolute atomic E-state index is 13.4. The summed E-state index contributed by atoms with van der Waals surface area (Å²) in [5.41, 5.74) is 0. The summed E-state index contributed by atoms with van der Waals surface area (Å²) in [5, 5.41) is 56.8. The van der Waals surface area contributed by atoms with E-state index in [0.29, 0.717) is 12.8 Å². The number of unbranched alkanes of at least 4 members (excludes halogenated alkanes) is 27. The van der Waals surface area contributed by atoms with Gasteiger partial charge in [0.05, 0.1) is 25.4 Å². The fourth-order valence-electron chi connectivity index (χ4n) is 8.57. The van der Waals surface area contributed by atoms with Gasteiger partial charge in [0.1, 0.15) is 24.4 Å². The molecular formula is C59H105NO10. The van der Waals surface area contributed by atoms with Gasteiger partial charge in [-0.3, -0.25) is 9.59 Å². The van der Waals surface area contributed by atoms with Gasteiger partial charge in [-0.25, -0.2) is 0 Å². The molecule has 8 atom stereocenters. The SMILES string of the molecule is CCCCC/C=C/C=C/CCCCCCCCC(=O)OC1C(OCC(NC(=O)C(O)CCCCCCC/C=C/C=C/CCCCC)C(O)/C=C/CCCCCCCCCCCC)OC(CO)C(O)C1O. The minimum Gasteiger partial charge on any atom is -0.454 e. The van der Waals surface area contributed by atoms with Crippen LogP contribution in [0.4, 0.5) is 0 Å². The molecule has 1 rings (SSSR count). The van der Waals surface area contributed by atoms with Crippen molar-refractivity contribution in [3.63, 3.8) is 0 Å². The summed E-state index contributed by atoms with van der Waals surface area (Å²) in [5.74, 6) is -1.22. The number of rotatable bonds is 47. The van der Waals surface area contributed by atoms with Crippen LogP contribution in [0.5, 0.6) is 0 Å². The lowest BCUT2D eigenvalue weighted by molar-refractivity contribution is -0.305. The van der Waals surface area contributed by atoms with Crippen molar-refractivity contribution < 1.29 is 49.3 Å². The molecule has 0 aromatic heterocycles. The number of nitrogens with one attached hydrogen (secondary N) is 1. The van der Waals surface area contributed by atoms with Crippen molar-refractivity contribution in [3.05, 3.63) is 60.8 Å². The van der Waals surface area contributed by atoms with Crippen LogP contribution in [0.15, 0.2) is 60.8 Å². The van der Waals surface area contributed by atoms with Crippen molar-refractivity contribution in [1.29, 1.82) is 0 Å². The van der Waals surface area contributed by atoms with Crippen molar-refractivity contribution in [1.82, 2.24) is 5.32 Å². The number of carbonyl (C=O) groups excluding carboxylic acids is 2. The van der Waals surface area contributed by atoms with Crippen LogP contribution in [-0.2, 0) is 23.8 Å². The number of esters is 1. The first kappa shape index (κ1) is 65.4. The van der Waals surface area contributed by atoms with E-state index >= 15 is 0 Å². The minimum absolute atomic E-state index is 0.108. The normalized spacial score (nSPS) is 20.1. The molecule has 0 spiro atoms. The van der Waals surface area contributed by atoms with Gasteiger partial charge in [0.15, 0.2) is 12.4 Å². The predicted molar refractivity (Wildman–Crippen MR) is 287 cm³/mol. The number of amides is 1. The van der Waals surface area contributed by atoms with Crippen molar-refractivity contribution in [2.45, 2.75) is 288 Å². The van der Waals surface area contributed by atoms with Crippen LogP contribution >= 0.6 is 0 Å². The first-order valence-electron chi connectivity index (χ1n) is 28.6. The van der Waals surface area contributed by atoms with Crippen molar-refractivity contribution in [2.75, 3.05) is 13.2 Å². The maximum atomic E-state index is 13.4. The number of ether oxygens (including phenoxy) is 3. The largest absolute Gasteiger partial charge is 0.454 e.